The maximum atomic E-state index is 13.5. The zero-order valence-corrected chi connectivity index (χ0v) is 19.6. The average molecular weight is 472 g/mol. The molecule has 0 aliphatic carbocycles. The number of hydrogen-bond donors (Lipinski definition) is 1. The minimum absolute atomic E-state index is 0.207. The van der Waals surface area contributed by atoms with Gasteiger partial charge in [0.25, 0.3) is 0 Å². The topological polar surface area (TPSA) is 59.8 Å². The van der Waals surface area contributed by atoms with Gasteiger partial charge in [0.1, 0.15) is 17.4 Å². The third-order valence-electron chi connectivity index (χ3n) is 5.17. The summed E-state index contributed by atoms with van der Waals surface area (Å²) in [6.07, 6.45) is 1.86. The van der Waals surface area contributed by atoms with Crippen molar-refractivity contribution in [3.63, 3.8) is 0 Å². The van der Waals surface area contributed by atoms with Gasteiger partial charge in [-0.1, -0.05) is 13.0 Å². The van der Waals surface area contributed by atoms with Gasteiger partial charge >= 0.3 is 0 Å². The van der Waals surface area contributed by atoms with E-state index >= 15 is 0 Å². The molecule has 0 radical (unpaired) electrons. The number of ether oxygens (including phenoxy) is 2. The number of hydrogen-bond acceptors (Lipinski definition) is 5. The summed E-state index contributed by atoms with van der Waals surface area (Å²) in [5, 5.41) is 15.1. The molecule has 34 heavy (non-hydrogen) atoms. The van der Waals surface area contributed by atoms with Crippen molar-refractivity contribution in [1.82, 2.24) is 14.7 Å². The molecular weight excluding hydrogens is 440 g/mol. The van der Waals surface area contributed by atoms with Crippen molar-refractivity contribution in [2.45, 2.75) is 32.9 Å². The standard InChI is InChI=1S/C26H31F2N3O3/c1-4-14-30(16-23(32)18-33-15-5-2)17-25-19(3)29-31(22-10-6-20(27)7-11-22)26(25)34-24-12-8-21(28)9-13-24/h5-13,23,32H,2,4,14-18H2,1,3H3/t23-/m0/s1. The zero-order valence-electron chi connectivity index (χ0n) is 19.6. The van der Waals surface area contributed by atoms with Crippen molar-refractivity contribution in [1.29, 1.82) is 0 Å². The van der Waals surface area contributed by atoms with Crippen molar-refractivity contribution < 1.29 is 23.4 Å². The lowest BCUT2D eigenvalue weighted by molar-refractivity contribution is 0.0244. The largest absolute Gasteiger partial charge is 0.439 e. The number of halogens is 2. The maximum absolute atomic E-state index is 13.5. The zero-order chi connectivity index (χ0) is 24.5. The van der Waals surface area contributed by atoms with Crippen LogP contribution in [0.1, 0.15) is 24.6 Å². The van der Waals surface area contributed by atoms with E-state index in [1.807, 2.05) is 6.92 Å². The van der Waals surface area contributed by atoms with Gasteiger partial charge in [0.15, 0.2) is 0 Å². The number of rotatable bonds is 13. The molecule has 1 N–H and O–H groups in total. The Kier molecular flexibility index (Phi) is 9.33. The van der Waals surface area contributed by atoms with Gasteiger partial charge < -0.3 is 14.6 Å². The summed E-state index contributed by atoms with van der Waals surface area (Å²) in [6.45, 7) is 9.76. The minimum atomic E-state index is -0.666. The summed E-state index contributed by atoms with van der Waals surface area (Å²) in [4.78, 5) is 2.11. The highest BCUT2D eigenvalue weighted by molar-refractivity contribution is 5.43. The Morgan fingerprint density at radius 3 is 2.38 bits per heavy atom. The summed E-state index contributed by atoms with van der Waals surface area (Å²) < 4.78 is 40.1. The van der Waals surface area contributed by atoms with Crippen molar-refractivity contribution in [2.75, 3.05) is 26.3 Å². The van der Waals surface area contributed by atoms with E-state index in [0.717, 1.165) is 24.2 Å². The molecule has 0 saturated carbocycles. The molecule has 0 aliphatic heterocycles. The smallest absolute Gasteiger partial charge is 0.227 e. The number of aromatic nitrogens is 2. The van der Waals surface area contributed by atoms with Crippen LogP contribution in [0.15, 0.2) is 61.2 Å². The summed E-state index contributed by atoms with van der Waals surface area (Å²) >= 11 is 0. The Morgan fingerprint density at radius 1 is 1.12 bits per heavy atom. The third kappa shape index (κ3) is 6.96. The molecule has 3 rings (SSSR count). The van der Waals surface area contributed by atoms with E-state index in [1.54, 1.807) is 35.0 Å². The van der Waals surface area contributed by atoms with E-state index in [4.69, 9.17) is 9.47 Å². The van der Waals surface area contributed by atoms with Crippen LogP contribution in [0.25, 0.3) is 5.69 Å². The Bertz CT molecular complexity index is 1050. The third-order valence-corrected chi connectivity index (χ3v) is 5.17. The molecule has 3 aromatic rings. The predicted octanol–water partition coefficient (Wildman–Crippen LogP) is 5.03. The molecule has 6 nitrogen and oxygen atoms in total. The molecule has 1 heterocycles. The van der Waals surface area contributed by atoms with Crippen LogP contribution >= 0.6 is 0 Å². The first-order valence-electron chi connectivity index (χ1n) is 11.3. The van der Waals surface area contributed by atoms with Crippen molar-refractivity contribution in [3.8, 4) is 17.3 Å². The number of benzene rings is 2. The summed E-state index contributed by atoms with van der Waals surface area (Å²) in [5.41, 5.74) is 2.19. The monoisotopic (exact) mass is 471 g/mol. The normalized spacial score (nSPS) is 12.2. The Balaban J connectivity index is 1.93. The van der Waals surface area contributed by atoms with Crippen LogP contribution in [-0.2, 0) is 11.3 Å². The fourth-order valence-electron chi connectivity index (χ4n) is 3.61. The van der Waals surface area contributed by atoms with E-state index < -0.39 is 6.10 Å². The molecule has 1 atom stereocenters. The second-order valence-corrected chi connectivity index (χ2v) is 8.03. The number of aryl methyl sites for hydroxylation is 1. The van der Waals surface area contributed by atoms with Crippen LogP contribution in [0.2, 0.25) is 0 Å². The lowest BCUT2D eigenvalue weighted by Gasteiger charge is -2.25. The molecule has 0 bridgehead atoms. The summed E-state index contributed by atoms with van der Waals surface area (Å²) in [7, 11) is 0. The van der Waals surface area contributed by atoms with Crippen LogP contribution in [0, 0.1) is 18.6 Å². The minimum Gasteiger partial charge on any atom is -0.439 e. The molecule has 0 saturated heterocycles. The van der Waals surface area contributed by atoms with Gasteiger partial charge in [-0.05, 0) is 68.4 Å². The summed E-state index contributed by atoms with van der Waals surface area (Å²) in [6, 6.07) is 11.7. The number of aliphatic hydroxyl groups excluding tert-OH is 1. The Labute approximate surface area is 199 Å². The molecular formula is C26H31F2N3O3. The van der Waals surface area contributed by atoms with Gasteiger partial charge in [-0.3, -0.25) is 4.90 Å². The lowest BCUT2D eigenvalue weighted by Crippen LogP contribution is -2.35. The number of nitrogens with zero attached hydrogens (tertiary/aromatic N) is 3. The molecule has 182 valence electrons. The first-order chi connectivity index (χ1) is 16.4. The average Bonchev–Trinajstić information content (AvgIpc) is 3.11. The van der Waals surface area contributed by atoms with E-state index in [2.05, 4.69) is 23.5 Å². The fraction of sp³-hybridized carbons (Fsp3) is 0.346. The molecule has 1 aromatic heterocycles. The van der Waals surface area contributed by atoms with Gasteiger partial charge in [-0.15, -0.1) is 6.58 Å². The lowest BCUT2D eigenvalue weighted by atomic mass is 10.2. The molecule has 0 spiro atoms. The first-order valence-corrected chi connectivity index (χ1v) is 11.3. The molecule has 0 amide bonds. The Hall–Kier alpha value is -3.07. The predicted molar refractivity (Wildman–Crippen MR) is 127 cm³/mol. The first kappa shape index (κ1) is 25.6. The fourth-order valence-corrected chi connectivity index (χ4v) is 3.61. The van der Waals surface area contributed by atoms with Crippen molar-refractivity contribution >= 4 is 0 Å². The highest BCUT2D eigenvalue weighted by atomic mass is 19.1. The number of aliphatic hydroxyl groups is 1. The van der Waals surface area contributed by atoms with Crippen molar-refractivity contribution in [2.24, 2.45) is 0 Å². The van der Waals surface area contributed by atoms with E-state index in [9.17, 15) is 13.9 Å². The molecule has 0 fully saturated rings. The quantitative estimate of drug-likeness (QED) is 0.280. The van der Waals surface area contributed by atoms with Gasteiger partial charge in [-0.25, -0.2) is 13.5 Å². The second-order valence-electron chi connectivity index (χ2n) is 8.03. The Morgan fingerprint density at radius 2 is 1.76 bits per heavy atom. The molecule has 8 heteroatoms. The van der Waals surface area contributed by atoms with Gasteiger partial charge in [0.05, 0.1) is 36.3 Å². The molecule has 0 unspecified atom stereocenters. The highest BCUT2D eigenvalue weighted by Crippen LogP contribution is 2.32. The molecule has 2 aromatic carbocycles. The van der Waals surface area contributed by atoms with Gasteiger partial charge in [0.2, 0.25) is 5.88 Å². The highest BCUT2D eigenvalue weighted by Gasteiger charge is 2.22. The van der Waals surface area contributed by atoms with Crippen LogP contribution < -0.4 is 4.74 Å². The second kappa shape index (κ2) is 12.4. The summed E-state index contributed by atoms with van der Waals surface area (Å²) in [5.74, 6) is 0.188. The van der Waals surface area contributed by atoms with Crippen LogP contribution in [0.4, 0.5) is 8.78 Å². The van der Waals surface area contributed by atoms with Crippen LogP contribution in [-0.4, -0.2) is 52.2 Å². The van der Waals surface area contributed by atoms with Crippen LogP contribution in [0.3, 0.4) is 0 Å². The van der Waals surface area contributed by atoms with Crippen molar-refractivity contribution in [3.05, 3.63) is 84.1 Å². The van der Waals surface area contributed by atoms with Gasteiger partial charge in [-0.2, -0.15) is 5.10 Å². The van der Waals surface area contributed by atoms with Gasteiger partial charge in [0, 0.05) is 13.1 Å². The van der Waals surface area contributed by atoms with E-state index in [1.165, 1.54) is 24.3 Å². The maximum Gasteiger partial charge on any atom is 0.227 e. The van der Waals surface area contributed by atoms with Crippen LogP contribution in [0.5, 0.6) is 11.6 Å². The SMILES string of the molecule is C=CCOC[C@@H](O)CN(CCC)Cc1c(C)nn(-c2ccc(F)cc2)c1Oc1ccc(F)cc1. The molecule has 0 aliphatic rings. The van der Waals surface area contributed by atoms with E-state index in [-0.39, 0.29) is 18.2 Å². The van der Waals surface area contributed by atoms with E-state index in [0.29, 0.717) is 37.0 Å².